The third-order valence-corrected chi connectivity index (χ3v) is 5.02. The molecule has 2 rings (SSSR count). The molecule has 1 N–H and O–H groups in total. The summed E-state index contributed by atoms with van der Waals surface area (Å²) in [6, 6.07) is 3.45. The van der Waals surface area contributed by atoms with Gasteiger partial charge in [-0.15, -0.1) is 11.3 Å². The quantitative estimate of drug-likeness (QED) is 0.450. The Bertz CT molecular complexity index is 1010. The summed E-state index contributed by atoms with van der Waals surface area (Å²) in [5.74, 6) is -3.38. The average Bonchev–Trinajstić information content (AvgIpc) is 2.82. The number of hydrogen-bond acceptors (Lipinski definition) is 7. The number of fused-ring (bicyclic) bond motifs is 1. The molecule has 7 nitrogen and oxygen atoms in total. The molecule has 1 aromatic heterocycles. The number of halogens is 3. The van der Waals surface area contributed by atoms with Crippen LogP contribution in [0, 0.1) is 0 Å². The zero-order valence-corrected chi connectivity index (χ0v) is 15.7. The summed E-state index contributed by atoms with van der Waals surface area (Å²) in [7, 11) is -6.07. The molecule has 0 atom stereocenters. The van der Waals surface area contributed by atoms with Gasteiger partial charge in [-0.25, -0.2) is 9.59 Å². The number of rotatable bonds is 4. The van der Waals surface area contributed by atoms with Gasteiger partial charge in [-0.3, -0.25) is 0 Å². The van der Waals surface area contributed by atoms with Gasteiger partial charge in [0.15, 0.2) is 10.6 Å². The van der Waals surface area contributed by atoms with Crippen molar-refractivity contribution in [2.45, 2.75) is 31.9 Å². The van der Waals surface area contributed by atoms with E-state index in [2.05, 4.69) is 4.18 Å². The number of thiophene rings is 1. The van der Waals surface area contributed by atoms with Gasteiger partial charge in [0, 0.05) is 10.1 Å². The maximum atomic E-state index is 12.6. The fourth-order valence-electron chi connectivity index (χ4n) is 1.92. The monoisotopic (exact) mass is 426 g/mol. The number of aromatic carboxylic acids is 1. The summed E-state index contributed by atoms with van der Waals surface area (Å²) in [5.41, 5.74) is -6.52. The van der Waals surface area contributed by atoms with Gasteiger partial charge in [0.1, 0.15) is 5.60 Å². The maximum absolute atomic E-state index is 12.6. The first-order valence-electron chi connectivity index (χ1n) is 7.16. The van der Waals surface area contributed by atoms with E-state index in [9.17, 15) is 31.2 Å². The topological polar surface area (TPSA) is 107 Å². The fourth-order valence-corrected chi connectivity index (χ4v) is 3.47. The van der Waals surface area contributed by atoms with Crippen molar-refractivity contribution in [2.24, 2.45) is 0 Å². The van der Waals surface area contributed by atoms with E-state index < -0.39 is 43.8 Å². The predicted octanol–water partition coefficient (Wildman–Crippen LogP) is 3.78. The van der Waals surface area contributed by atoms with E-state index in [0.717, 1.165) is 6.07 Å². The van der Waals surface area contributed by atoms with Crippen molar-refractivity contribution < 1.29 is 45.2 Å². The second-order valence-electron chi connectivity index (χ2n) is 6.26. The Labute approximate surface area is 155 Å². The molecule has 0 aliphatic rings. The molecule has 1 heterocycles. The highest BCUT2D eigenvalue weighted by Crippen LogP contribution is 2.41. The van der Waals surface area contributed by atoms with Gasteiger partial charge < -0.3 is 14.0 Å². The first kappa shape index (κ1) is 21.0. The van der Waals surface area contributed by atoms with Gasteiger partial charge in [0.05, 0.1) is 5.56 Å². The Morgan fingerprint density at radius 2 is 1.74 bits per heavy atom. The van der Waals surface area contributed by atoms with Gasteiger partial charge in [0.2, 0.25) is 0 Å². The fraction of sp³-hybridized carbons (Fsp3) is 0.333. The predicted molar refractivity (Wildman–Crippen MR) is 89.6 cm³/mol. The molecule has 0 bridgehead atoms. The molecular formula is C15H13F3O7S2. The van der Waals surface area contributed by atoms with Crippen molar-refractivity contribution in [1.29, 1.82) is 0 Å². The van der Waals surface area contributed by atoms with E-state index in [1.165, 1.54) is 12.1 Å². The van der Waals surface area contributed by atoms with Crippen LogP contribution in [-0.2, 0) is 14.9 Å². The van der Waals surface area contributed by atoms with Crippen LogP contribution in [0.5, 0.6) is 5.75 Å². The van der Waals surface area contributed by atoms with Crippen LogP contribution in [-0.4, -0.2) is 36.6 Å². The number of carboxylic acid groups (broad SMARTS) is 1. The summed E-state index contributed by atoms with van der Waals surface area (Å²) >= 11 is 0.469. The minimum Gasteiger partial charge on any atom is -0.477 e. The van der Waals surface area contributed by atoms with Crippen LogP contribution in [0.25, 0.3) is 10.1 Å². The summed E-state index contributed by atoms with van der Waals surface area (Å²) in [4.78, 5) is 22.6. The summed E-state index contributed by atoms with van der Waals surface area (Å²) in [6.45, 7) is 4.89. The van der Waals surface area contributed by atoms with Crippen LogP contribution in [0.4, 0.5) is 13.2 Å². The highest BCUT2D eigenvalue weighted by Gasteiger charge is 2.49. The number of carboxylic acids is 1. The molecule has 0 radical (unpaired) electrons. The molecule has 0 saturated heterocycles. The number of carbonyl (C=O) groups is 2. The van der Waals surface area contributed by atoms with Gasteiger partial charge in [-0.2, -0.15) is 21.6 Å². The Morgan fingerprint density at radius 3 is 2.22 bits per heavy atom. The Morgan fingerprint density at radius 1 is 1.15 bits per heavy atom. The number of benzene rings is 1. The first-order valence-corrected chi connectivity index (χ1v) is 9.39. The molecule has 0 fully saturated rings. The van der Waals surface area contributed by atoms with Crippen LogP contribution in [0.15, 0.2) is 18.2 Å². The highest BCUT2D eigenvalue weighted by atomic mass is 32.2. The maximum Gasteiger partial charge on any atom is 0.534 e. The first-order chi connectivity index (χ1) is 12.1. The zero-order chi connectivity index (χ0) is 20.8. The van der Waals surface area contributed by atoms with E-state index >= 15 is 0 Å². The molecule has 2 aromatic rings. The van der Waals surface area contributed by atoms with E-state index in [0.29, 0.717) is 11.3 Å². The Balaban J connectivity index is 2.57. The van der Waals surface area contributed by atoms with E-state index in [-0.39, 0.29) is 15.6 Å². The minimum atomic E-state index is -6.07. The molecule has 0 spiro atoms. The zero-order valence-electron chi connectivity index (χ0n) is 14.1. The van der Waals surface area contributed by atoms with Crippen LogP contribution in [0.2, 0.25) is 0 Å². The number of esters is 1. The molecular weight excluding hydrogens is 413 g/mol. The summed E-state index contributed by atoms with van der Waals surface area (Å²) in [5, 5.41) is 8.96. The SMILES string of the molecule is CC(C)(C)OC(=O)c1ccc2c(OS(=O)(=O)C(F)(F)F)c(C(=O)O)sc2c1. The lowest BCUT2D eigenvalue weighted by Crippen LogP contribution is -2.28. The molecule has 12 heteroatoms. The molecule has 0 aliphatic carbocycles. The molecule has 148 valence electrons. The smallest absolute Gasteiger partial charge is 0.477 e. The molecule has 1 aromatic carbocycles. The third-order valence-electron chi connectivity index (χ3n) is 2.95. The third kappa shape index (κ3) is 4.50. The molecule has 0 saturated carbocycles. The van der Waals surface area contributed by atoms with Crippen LogP contribution in [0.3, 0.4) is 0 Å². The number of carbonyl (C=O) groups excluding carboxylic acids is 1. The van der Waals surface area contributed by atoms with Crippen LogP contribution in [0.1, 0.15) is 40.8 Å². The van der Waals surface area contributed by atoms with Crippen molar-refractivity contribution in [3.8, 4) is 5.75 Å². The Kier molecular flexibility index (Phi) is 5.18. The lowest BCUT2D eigenvalue weighted by atomic mass is 10.1. The highest BCUT2D eigenvalue weighted by molar-refractivity contribution is 7.88. The van der Waals surface area contributed by atoms with E-state index in [1.54, 1.807) is 20.8 Å². The van der Waals surface area contributed by atoms with E-state index in [1.807, 2.05) is 0 Å². The molecule has 0 unspecified atom stereocenters. The largest absolute Gasteiger partial charge is 0.534 e. The molecule has 0 amide bonds. The molecule has 27 heavy (non-hydrogen) atoms. The minimum absolute atomic E-state index is 0.0147. The van der Waals surface area contributed by atoms with Crippen molar-refractivity contribution in [3.05, 3.63) is 28.6 Å². The number of hydrogen-bond donors (Lipinski definition) is 1. The Hall–Kier alpha value is -2.34. The van der Waals surface area contributed by atoms with Gasteiger partial charge >= 0.3 is 27.6 Å². The second kappa shape index (κ2) is 6.68. The van der Waals surface area contributed by atoms with Crippen LogP contribution < -0.4 is 4.18 Å². The summed E-state index contributed by atoms with van der Waals surface area (Å²) in [6.07, 6.45) is 0. The standard InChI is InChI=1S/C15H13F3O7S2/c1-14(2,3)24-13(21)7-4-5-8-9(6-7)26-11(12(19)20)10(8)25-27(22,23)15(16,17)18/h4-6H,1-3H3,(H,19,20). The van der Waals surface area contributed by atoms with Crippen molar-refractivity contribution in [1.82, 2.24) is 0 Å². The van der Waals surface area contributed by atoms with Crippen molar-refractivity contribution in [2.75, 3.05) is 0 Å². The normalized spacial score (nSPS) is 12.8. The second-order valence-corrected chi connectivity index (χ2v) is 8.85. The molecule has 0 aliphatic heterocycles. The van der Waals surface area contributed by atoms with Crippen LogP contribution >= 0.6 is 11.3 Å². The summed E-state index contributed by atoms with van der Waals surface area (Å²) < 4.78 is 69.5. The number of ether oxygens (including phenoxy) is 1. The van der Waals surface area contributed by atoms with Gasteiger partial charge in [-0.05, 0) is 39.0 Å². The lowest BCUT2D eigenvalue weighted by Gasteiger charge is -2.19. The number of alkyl halides is 3. The van der Waals surface area contributed by atoms with Gasteiger partial charge in [0.25, 0.3) is 0 Å². The van der Waals surface area contributed by atoms with Gasteiger partial charge in [-0.1, -0.05) is 0 Å². The van der Waals surface area contributed by atoms with E-state index in [4.69, 9.17) is 9.84 Å². The van der Waals surface area contributed by atoms with Crippen molar-refractivity contribution >= 4 is 43.5 Å². The van der Waals surface area contributed by atoms with Crippen molar-refractivity contribution in [3.63, 3.8) is 0 Å². The lowest BCUT2D eigenvalue weighted by molar-refractivity contribution is -0.0500. The average molecular weight is 426 g/mol.